The molecule has 9 heteroatoms. The molecule has 1 fully saturated rings. The molecule has 0 bridgehead atoms. The number of aliphatic hydroxyl groups is 1. The smallest absolute Gasteiger partial charge is 0.456 e. The number of alkyl halides is 5. The van der Waals surface area contributed by atoms with Crippen molar-refractivity contribution in [1.82, 2.24) is 4.90 Å². The first-order chi connectivity index (χ1) is 7.01. The van der Waals surface area contributed by atoms with Crippen LogP contribution in [-0.2, 0) is 0 Å². The fourth-order valence-electron chi connectivity index (χ4n) is 1.48. The van der Waals surface area contributed by atoms with Gasteiger partial charge >= 0.3 is 18.2 Å². The normalized spacial score (nSPS) is 27.2. The molecule has 0 aromatic carbocycles. The van der Waals surface area contributed by atoms with Crippen LogP contribution < -0.4 is 0 Å². The van der Waals surface area contributed by atoms with Crippen molar-refractivity contribution in [1.29, 1.82) is 0 Å². The highest BCUT2D eigenvalue weighted by atomic mass is 19.4. The van der Waals surface area contributed by atoms with Gasteiger partial charge in [-0.05, 0) is 0 Å². The van der Waals surface area contributed by atoms with Crippen LogP contribution >= 0.6 is 0 Å². The third kappa shape index (κ3) is 1.79. The highest BCUT2D eigenvalue weighted by Gasteiger charge is 2.71. The highest BCUT2D eigenvalue weighted by molar-refractivity contribution is 5.65. The monoisotopic (exact) mass is 249 g/mol. The van der Waals surface area contributed by atoms with Crippen LogP contribution in [0.3, 0.4) is 0 Å². The summed E-state index contributed by atoms with van der Waals surface area (Å²) in [6.07, 6.45) is -8.50. The van der Waals surface area contributed by atoms with Crippen LogP contribution in [0.5, 0.6) is 0 Å². The quantitative estimate of drug-likeness (QED) is 0.688. The summed E-state index contributed by atoms with van der Waals surface area (Å²) >= 11 is 0. The van der Waals surface area contributed by atoms with Crippen molar-refractivity contribution >= 4 is 6.09 Å². The number of likely N-dealkylation sites (tertiary alicyclic amines) is 1. The van der Waals surface area contributed by atoms with E-state index < -0.39 is 43.3 Å². The zero-order valence-corrected chi connectivity index (χ0v) is 7.76. The van der Waals surface area contributed by atoms with Crippen molar-refractivity contribution in [2.75, 3.05) is 13.1 Å². The fourth-order valence-corrected chi connectivity index (χ4v) is 1.48. The van der Waals surface area contributed by atoms with Gasteiger partial charge in [0.2, 0.25) is 0 Å². The van der Waals surface area contributed by atoms with Gasteiger partial charge in [0.25, 0.3) is 0 Å². The van der Waals surface area contributed by atoms with Gasteiger partial charge in [-0.3, -0.25) is 0 Å². The standard InChI is InChI=1S/C7H8F5NO3/c8-6(9,7(10,11)12)5(16)1-2-13(3-5)4(14)15/h16H,1-3H2,(H,14,15)/t5-/m0/s1. The molecule has 0 radical (unpaired) electrons. The second-order valence-electron chi connectivity index (χ2n) is 3.56. The SMILES string of the molecule is O=C(O)N1CC[C@@](O)(C(F)(F)C(F)(F)F)C1. The molecule has 2 N–H and O–H groups in total. The number of hydrogen-bond donors (Lipinski definition) is 2. The lowest BCUT2D eigenvalue weighted by atomic mass is 9.94. The first-order valence-electron chi connectivity index (χ1n) is 4.16. The molecule has 0 saturated carbocycles. The number of amides is 1. The number of β-amino-alcohol motifs (C(OH)–C–C–N with tert-alkyl or cyclic N) is 1. The first kappa shape index (κ1) is 12.9. The number of carbonyl (C=O) groups is 1. The van der Waals surface area contributed by atoms with E-state index in [0.29, 0.717) is 4.90 Å². The Morgan fingerprint density at radius 3 is 2.06 bits per heavy atom. The van der Waals surface area contributed by atoms with Crippen molar-refractivity contribution in [3.8, 4) is 0 Å². The van der Waals surface area contributed by atoms with Gasteiger partial charge in [0, 0.05) is 13.0 Å². The number of nitrogens with zero attached hydrogens (tertiary/aromatic N) is 1. The molecule has 0 aromatic heterocycles. The molecule has 1 saturated heterocycles. The van der Waals surface area contributed by atoms with Crippen LogP contribution in [-0.4, -0.2) is 52.0 Å². The molecular weight excluding hydrogens is 241 g/mol. The van der Waals surface area contributed by atoms with E-state index in [2.05, 4.69) is 0 Å². The maximum absolute atomic E-state index is 12.9. The van der Waals surface area contributed by atoms with Gasteiger partial charge in [-0.2, -0.15) is 22.0 Å². The molecule has 1 aliphatic rings. The third-order valence-electron chi connectivity index (χ3n) is 2.46. The van der Waals surface area contributed by atoms with Crippen molar-refractivity contribution in [3.05, 3.63) is 0 Å². The van der Waals surface area contributed by atoms with E-state index in [0.717, 1.165) is 0 Å². The van der Waals surface area contributed by atoms with Gasteiger partial charge in [0.05, 0.1) is 6.54 Å². The van der Waals surface area contributed by atoms with Gasteiger partial charge < -0.3 is 15.1 Å². The summed E-state index contributed by atoms with van der Waals surface area (Å²) in [6.45, 7) is -1.81. The van der Waals surface area contributed by atoms with Gasteiger partial charge in [-0.15, -0.1) is 0 Å². The molecular formula is C7H8F5NO3. The largest absolute Gasteiger partial charge is 0.465 e. The molecule has 0 spiro atoms. The fraction of sp³-hybridized carbons (Fsp3) is 0.857. The van der Waals surface area contributed by atoms with Crippen LogP contribution in [0.15, 0.2) is 0 Å². The van der Waals surface area contributed by atoms with Gasteiger partial charge in [0.1, 0.15) is 0 Å². The Bertz CT molecular complexity index is 305. The molecule has 0 aromatic rings. The lowest BCUT2D eigenvalue weighted by Gasteiger charge is -2.33. The molecule has 1 aliphatic heterocycles. The number of hydrogen-bond acceptors (Lipinski definition) is 2. The third-order valence-corrected chi connectivity index (χ3v) is 2.46. The summed E-state index contributed by atoms with van der Waals surface area (Å²) in [5.74, 6) is -5.33. The summed E-state index contributed by atoms with van der Waals surface area (Å²) in [4.78, 5) is 10.7. The Balaban J connectivity index is 2.93. The van der Waals surface area contributed by atoms with E-state index in [1.54, 1.807) is 0 Å². The number of halogens is 5. The maximum Gasteiger partial charge on any atom is 0.456 e. The predicted molar refractivity (Wildman–Crippen MR) is 40.2 cm³/mol. The van der Waals surface area contributed by atoms with E-state index in [1.165, 1.54) is 0 Å². The summed E-state index contributed by atoms with van der Waals surface area (Å²) in [5.41, 5.74) is -3.39. The van der Waals surface area contributed by atoms with Crippen molar-refractivity contribution < 1.29 is 37.0 Å². The summed E-state index contributed by atoms with van der Waals surface area (Å²) in [7, 11) is 0. The summed E-state index contributed by atoms with van der Waals surface area (Å²) < 4.78 is 61.7. The van der Waals surface area contributed by atoms with E-state index in [4.69, 9.17) is 5.11 Å². The molecule has 0 unspecified atom stereocenters. The average Bonchev–Trinajstić information content (AvgIpc) is 2.47. The average molecular weight is 249 g/mol. The molecule has 94 valence electrons. The van der Waals surface area contributed by atoms with Crippen molar-refractivity contribution in [2.24, 2.45) is 0 Å². The Morgan fingerprint density at radius 2 is 1.75 bits per heavy atom. The van der Waals surface area contributed by atoms with Gasteiger partial charge in [-0.25, -0.2) is 4.79 Å². The predicted octanol–water partition coefficient (Wildman–Crippen LogP) is 1.30. The van der Waals surface area contributed by atoms with Crippen molar-refractivity contribution in [2.45, 2.75) is 24.1 Å². The minimum atomic E-state index is -5.91. The van der Waals surface area contributed by atoms with Gasteiger partial charge in [0.15, 0.2) is 5.60 Å². The number of rotatable bonds is 1. The van der Waals surface area contributed by atoms with Crippen LogP contribution in [0.1, 0.15) is 6.42 Å². The molecule has 1 heterocycles. The first-order valence-corrected chi connectivity index (χ1v) is 4.16. The minimum absolute atomic E-state index is 0.319. The zero-order valence-electron chi connectivity index (χ0n) is 7.76. The van der Waals surface area contributed by atoms with Crippen molar-refractivity contribution in [3.63, 3.8) is 0 Å². The zero-order chi connectivity index (χ0) is 12.8. The van der Waals surface area contributed by atoms with E-state index in [-0.39, 0.29) is 0 Å². The molecule has 1 amide bonds. The van der Waals surface area contributed by atoms with Gasteiger partial charge in [-0.1, -0.05) is 0 Å². The summed E-state index contributed by atoms with van der Waals surface area (Å²) in [5, 5.41) is 17.6. The topological polar surface area (TPSA) is 60.8 Å². The maximum atomic E-state index is 12.9. The second kappa shape index (κ2) is 3.44. The minimum Gasteiger partial charge on any atom is -0.465 e. The molecule has 16 heavy (non-hydrogen) atoms. The van der Waals surface area contributed by atoms with E-state index in [9.17, 15) is 31.9 Å². The number of carboxylic acid groups (broad SMARTS) is 1. The Labute approximate surface area is 86.3 Å². The lowest BCUT2D eigenvalue weighted by molar-refractivity contribution is -0.338. The Hall–Kier alpha value is -1.12. The Kier molecular flexibility index (Phi) is 2.78. The highest BCUT2D eigenvalue weighted by Crippen LogP contribution is 2.47. The van der Waals surface area contributed by atoms with Crippen LogP contribution in [0.25, 0.3) is 0 Å². The van der Waals surface area contributed by atoms with E-state index in [1.807, 2.05) is 0 Å². The Morgan fingerprint density at radius 1 is 1.25 bits per heavy atom. The molecule has 1 rings (SSSR count). The summed E-state index contributed by atoms with van der Waals surface area (Å²) in [6, 6.07) is 0. The molecule has 0 aliphatic carbocycles. The molecule has 1 atom stereocenters. The van der Waals surface area contributed by atoms with E-state index >= 15 is 0 Å². The second-order valence-corrected chi connectivity index (χ2v) is 3.56. The lowest BCUT2D eigenvalue weighted by Crippen LogP contribution is -2.58. The van der Waals surface area contributed by atoms with Crippen LogP contribution in [0.4, 0.5) is 26.7 Å². The van der Waals surface area contributed by atoms with Crippen LogP contribution in [0.2, 0.25) is 0 Å². The van der Waals surface area contributed by atoms with Crippen LogP contribution in [0, 0.1) is 0 Å². The molecule has 4 nitrogen and oxygen atoms in total.